The summed E-state index contributed by atoms with van der Waals surface area (Å²) in [5.74, 6) is 0.788. The van der Waals surface area contributed by atoms with Gasteiger partial charge in [0.1, 0.15) is 5.58 Å². The van der Waals surface area contributed by atoms with E-state index in [0.717, 1.165) is 77.8 Å². The van der Waals surface area contributed by atoms with Gasteiger partial charge in [0, 0.05) is 53.1 Å². The fraction of sp³-hybridized carbons (Fsp3) is 0.0444. The van der Waals surface area contributed by atoms with Crippen LogP contribution in [-0.2, 0) is 20.1 Å². The van der Waals surface area contributed by atoms with Gasteiger partial charge in [-0.1, -0.05) is 89.8 Å². The van der Waals surface area contributed by atoms with Crippen molar-refractivity contribution in [2.45, 2.75) is 13.8 Å². The molecule has 4 aromatic heterocycles. The second kappa shape index (κ2) is 13.4. The first-order valence-electron chi connectivity index (χ1n) is 17.9. The SMILES string of the molecule is Cc1nccc2nc(-c3[c-]ccc4c3oc3c4ccc4ccc5ccccc5c43)n(-c3ccccc3)c12.[2H]C([2H])([2H])c1ccc(-c2[c-]cccc2)nc1.[Ir]. The Kier molecular flexibility index (Phi) is 7.58. The monoisotopic (exact) mass is 838 g/mol. The van der Waals surface area contributed by atoms with Crippen molar-refractivity contribution in [3.63, 3.8) is 0 Å². The topological polar surface area (TPSA) is 56.7 Å². The maximum absolute atomic E-state index is 7.23. The number of imidazole rings is 1. The summed E-state index contributed by atoms with van der Waals surface area (Å²) in [6.45, 7) is -0.0676. The first-order chi connectivity index (χ1) is 25.8. The molecule has 0 fully saturated rings. The average molecular weight is 838 g/mol. The molecule has 0 amide bonds. The van der Waals surface area contributed by atoms with Crippen molar-refractivity contribution in [3.8, 4) is 28.3 Å². The van der Waals surface area contributed by atoms with Crippen LogP contribution in [0.3, 0.4) is 0 Å². The molecule has 10 rings (SSSR count). The zero-order valence-corrected chi connectivity index (χ0v) is 29.8. The standard InChI is InChI=1S/C33H20N3O.C12H10N.Ir/c1-20-30-28(18-19-34-20)35-33(36(30)23-9-3-2-4-10-23)27-13-7-12-25-26-17-16-22-15-14-21-8-5-6-11-24(21)29(22)32(26)37-31(25)27;1-10-7-8-12(13-9-10)11-5-3-2-4-6-11;/h2-12,14-19H,1H3;2-5,7-9H,1H3;/q2*-1;/i;1D3;. The Labute approximate surface area is 312 Å². The molecule has 5 nitrogen and oxygen atoms in total. The van der Waals surface area contributed by atoms with Crippen LogP contribution in [0.1, 0.15) is 15.4 Å². The summed E-state index contributed by atoms with van der Waals surface area (Å²) >= 11 is 0. The number of benzene rings is 6. The first kappa shape index (κ1) is 28.9. The van der Waals surface area contributed by atoms with Gasteiger partial charge in [-0.15, -0.1) is 54.1 Å². The number of rotatable bonds is 3. The van der Waals surface area contributed by atoms with Crippen LogP contribution in [0.2, 0.25) is 0 Å². The van der Waals surface area contributed by atoms with Gasteiger partial charge in [0.25, 0.3) is 0 Å². The molecular weight excluding hydrogens is 805 g/mol. The number of nitrogens with zero attached hydrogens (tertiary/aromatic N) is 4. The molecule has 0 N–H and O–H groups in total. The van der Waals surface area contributed by atoms with Crippen LogP contribution in [0.25, 0.3) is 82.8 Å². The third-order valence-electron chi connectivity index (χ3n) is 9.04. The Morgan fingerprint density at radius 2 is 1.49 bits per heavy atom. The maximum Gasteiger partial charge on any atom is 0.129 e. The number of hydrogen-bond acceptors (Lipinski definition) is 4. The van der Waals surface area contributed by atoms with Gasteiger partial charge in [0.05, 0.1) is 28.1 Å². The predicted octanol–water partition coefficient (Wildman–Crippen LogP) is 11.3. The molecule has 1 radical (unpaired) electrons. The van der Waals surface area contributed by atoms with Gasteiger partial charge in [-0.2, -0.15) is 0 Å². The molecule has 0 aliphatic carbocycles. The third-order valence-corrected chi connectivity index (χ3v) is 9.04. The third kappa shape index (κ3) is 5.69. The van der Waals surface area contributed by atoms with Gasteiger partial charge in [0.15, 0.2) is 0 Å². The van der Waals surface area contributed by atoms with E-state index in [-0.39, 0.29) is 25.7 Å². The van der Waals surface area contributed by atoms with Crippen molar-refractivity contribution in [3.05, 3.63) is 169 Å². The maximum atomic E-state index is 7.23. The Morgan fingerprint density at radius 3 is 2.31 bits per heavy atom. The molecule has 6 heteroatoms. The van der Waals surface area contributed by atoms with E-state index >= 15 is 0 Å². The van der Waals surface area contributed by atoms with Gasteiger partial charge in [-0.3, -0.25) is 9.97 Å². The first-order valence-corrected chi connectivity index (χ1v) is 16.4. The summed E-state index contributed by atoms with van der Waals surface area (Å²) < 4.78 is 30.6. The average Bonchev–Trinajstić information content (AvgIpc) is 3.78. The molecule has 0 aliphatic heterocycles. The van der Waals surface area contributed by atoms with E-state index in [1.807, 2.05) is 61.7 Å². The van der Waals surface area contributed by atoms with Gasteiger partial charge in [0.2, 0.25) is 0 Å². The van der Waals surface area contributed by atoms with E-state index in [4.69, 9.17) is 13.5 Å². The molecule has 0 bridgehead atoms. The van der Waals surface area contributed by atoms with Gasteiger partial charge >= 0.3 is 0 Å². The smallest absolute Gasteiger partial charge is 0.129 e. The molecule has 0 spiro atoms. The molecule has 10 aromatic rings. The summed E-state index contributed by atoms with van der Waals surface area (Å²) in [5.41, 5.74) is 8.19. The Bertz CT molecular complexity index is 2940. The number of furan rings is 1. The summed E-state index contributed by atoms with van der Waals surface area (Å²) in [6, 6.07) is 50.7. The molecule has 0 saturated carbocycles. The van der Waals surface area contributed by atoms with Crippen LogP contribution in [0, 0.1) is 25.9 Å². The number of fused-ring (bicyclic) bond motifs is 8. The van der Waals surface area contributed by atoms with E-state index in [1.165, 1.54) is 17.0 Å². The van der Waals surface area contributed by atoms with Crippen molar-refractivity contribution < 1.29 is 28.6 Å². The summed E-state index contributed by atoms with van der Waals surface area (Å²) in [6.07, 6.45) is 3.20. The van der Waals surface area contributed by atoms with Crippen molar-refractivity contribution in [1.82, 2.24) is 19.5 Å². The second-order valence-electron chi connectivity index (χ2n) is 12.1. The minimum absolute atomic E-state index is 0. The van der Waals surface area contributed by atoms with Crippen LogP contribution in [-0.4, -0.2) is 19.5 Å². The quantitative estimate of drug-likeness (QED) is 0.131. The van der Waals surface area contributed by atoms with Crippen molar-refractivity contribution in [2.75, 3.05) is 0 Å². The second-order valence-corrected chi connectivity index (χ2v) is 12.1. The predicted molar refractivity (Wildman–Crippen MR) is 203 cm³/mol. The number of hydrogen-bond donors (Lipinski definition) is 0. The van der Waals surface area contributed by atoms with Crippen LogP contribution in [0.5, 0.6) is 0 Å². The van der Waals surface area contributed by atoms with E-state index in [2.05, 4.69) is 93.4 Å². The van der Waals surface area contributed by atoms with Gasteiger partial charge in [-0.05, 0) is 59.4 Å². The molecule has 247 valence electrons. The zero-order valence-electron chi connectivity index (χ0n) is 30.4. The zero-order chi connectivity index (χ0) is 36.1. The number of aromatic nitrogens is 4. The number of aryl methyl sites for hydroxylation is 2. The minimum atomic E-state index is -2.09. The van der Waals surface area contributed by atoms with E-state index < -0.39 is 6.85 Å². The Balaban J connectivity index is 0.000000206. The van der Waals surface area contributed by atoms with Crippen LogP contribution >= 0.6 is 0 Å². The van der Waals surface area contributed by atoms with Crippen molar-refractivity contribution >= 4 is 54.5 Å². The van der Waals surface area contributed by atoms with Crippen LogP contribution in [0.4, 0.5) is 0 Å². The molecule has 0 unspecified atom stereocenters. The fourth-order valence-electron chi connectivity index (χ4n) is 6.74. The summed E-state index contributed by atoms with van der Waals surface area (Å²) in [5, 5.41) is 6.83. The Morgan fingerprint density at radius 1 is 0.686 bits per heavy atom. The molecule has 0 saturated heterocycles. The molecular formula is C45H30IrN4O-2. The van der Waals surface area contributed by atoms with E-state index in [1.54, 1.807) is 18.2 Å². The Hall–Kier alpha value is -5.94. The normalized spacial score (nSPS) is 12.3. The van der Waals surface area contributed by atoms with E-state index in [9.17, 15) is 0 Å². The van der Waals surface area contributed by atoms with Crippen molar-refractivity contribution in [1.29, 1.82) is 0 Å². The molecule has 0 atom stereocenters. The largest absolute Gasteiger partial charge is 0.500 e. The van der Waals surface area contributed by atoms with Crippen molar-refractivity contribution in [2.24, 2.45) is 0 Å². The molecule has 6 aromatic carbocycles. The minimum Gasteiger partial charge on any atom is -0.500 e. The number of pyridine rings is 2. The van der Waals surface area contributed by atoms with Gasteiger partial charge < -0.3 is 14.0 Å². The molecule has 51 heavy (non-hydrogen) atoms. The molecule has 0 aliphatic rings. The van der Waals surface area contributed by atoms with Crippen LogP contribution < -0.4 is 0 Å². The summed E-state index contributed by atoms with van der Waals surface area (Å²) in [4.78, 5) is 13.8. The van der Waals surface area contributed by atoms with Gasteiger partial charge in [-0.25, -0.2) is 0 Å². The van der Waals surface area contributed by atoms with Crippen LogP contribution in [0.15, 0.2) is 150 Å². The van der Waals surface area contributed by atoms with E-state index in [0.29, 0.717) is 0 Å². The summed E-state index contributed by atoms with van der Waals surface area (Å²) in [7, 11) is 0. The number of para-hydroxylation sites is 1. The molecule has 4 heterocycles. The fourth-order valence-corrected chi connectivity index (χ4v) is 6.74.